The maximum Gasteiger partial charge on any atom is 0.229 e. The number of halogens is 2. The normalized spacial score (nSPS) is 12.3. The molecule has 0 saturated carbocycles. The van der Waals surface area contributed by atoms with Crippen LogP contribution in [-0.4, -0.2) is 15.7 Å². The number of nitrogens with one attached hydrogen (secondary N) is 1. The van der Waals surface area contributed by atoms with Crippen LogP contribution in [0, 0.1) is 26.7 Å². The van der Waals surface area contributed by atoms with Crippen LogP contribution in [0.1, 0.15) is 23.9 Å². The summed E-state index contributed by atoms with van der Waals surface area (Å²) in [5, 5.41) is 8.52. The molecule has 1 amide bonds. The van der Waals surface area contributed by atoms with Gasteiger partial charge >= 0.3 is 0 Å². The van der Waals surface area contributed by atoms with Gasteiger partial charge in [0.05, 0.1) is 28.9 Å². The molecule has 22 heavy (non-hydrogen) atoms. The van der Waals surface area contributed by atoms with E-state index < -0.39 is 0 Å². The maximum atomic E-state index is 12.4. The van der Waals surface area contributed by atoms with E-state index >= 15 is 0 Å². The largest absolute Gasteiger partial charge is 0.326 e. The third kappa shape index (κ3) is 3.62. The van der Waals surface area contributed by atoms with Crippen molar-refractivity contribution in [3.8, 4) is 0 Å². The van der Waals surface area contributed by atoms with Crippen LogP contribution >= 0.6 is 23.2 Å². The van der Waals surface area contributed by atoms with Gasteiger partial charge in [-0.25, -0.2) is 0 Å². The standard InChI is InChI=1S/C16H19Cl2N3O/c1-9-5-6-13(17)7-14(9)19-16(22)10(2)8-21-12(4)15(18)11(3)20-21/h5-7,10H,8H2,1-4H3,(H,19,22). The third-order valence-electron chi connectivity index (χ3n) is 3.65. The average Bonchev–Trinajstić information content (AvgIpc) is 2.70. The first-order valence-corrected chi connectivity index (χ1v) is 7.81. The number of hydrogen-bond acceptors (Lipinski definition) is 2. The van der Waals surface area contributed by atoms with E-state index in [0.29, 0.717) is 16.6 Å². The molecule has 1 aromatic carbocycles. The molecule has 0 aliphatic heterocycles. The van der Waals surface area contributed by atoms with Gasteiger partial charge in [0, 0.05) is 10.7 Å². The predicted octanol–water partition coefficient (Wildman–Crippen LogP) is 4.39. The molecule has 1 atom stereocenters. The number of nitrogens with zero attached hydrogens (tertiary/aromatic N) is 2. The molecule has 1 aromatic heterocycles. The number of aromatic nitrogens is 2. The average molecular weight is 340 g/mol. The molecule has 0 bridgehead atoms. The minimum Gasteiger partial charge on any atom is -0.326 e. The Hall–Kier alpha value is -1.52. The molecule has 1 heterocycles. The van der Waals surface area contributed by atoms with Crippen molar-refractivity contribution in [3.63, 3.8) is 0 Å². The van der Waals surface area contributed by atoms with Gasteiger partial charge in [-0.2, -0.15) is 5.10 Å². The monoisotopic (exact) mass is 339 g/mol. The van der Waals surface area contributed by atoms with E-state index in [1.54, 1.807) is 16.8 Å². The van der Waals surface area contributed by atoms with Crippen LogP contribution in [0.4, 0.5) is 5.69 Å². The summed E-state index contributed by atoms with van der Waals surface area (Å²) in [6.45, 7) is 8.02. The van der Waals surface area contributed by atoms with Crippen molar-refractivity contribution in [1.29, 1.82) is 0 Å². The summed E-state index contributed by atoms with van der Waals surface area (Å²) in [7, 11) is 0. The zero-order valence-corrected chi connectivity index (χ0v) is 14.6. The van der Waals surface area contributed by atoms with E-state index in [2.05, 4.69) is 10.4 Å². The number of carbonyl (C=O) groups excluding carboxylic acids is 1. The van der Waals surface area contributed by atoms with Gasteiger partial charge in [0.25, 0.3) is 0 Å². The van der Waals surface area contributed by atoms with E-state index in [4.69, 9.17) is 23.2 Å². The van der Waals surface area contributed by atoms with Crippen molar-refractivity contribution in [3.05, 3.63) is 45.2 Å². The topological polar surface area (TPSA) is 46.9 Å². The molecule has 2 aromatic rings. The molecule has 4 nitrogen and oxygen atoms in total. The first kappa shape index (κ1) is 16.8. The van der Waals surface area contributed by atoms with Gasteiger partial charge in [-0.05, 0) is 38.5 Å². The van der Waals surface area contributed by atoms with Crippen molar-refractivity contribution in [1.82, 2.24) is 9.78 Å². The molecule has 2 rings (SSSR count). The zero-order valence-electron chi connectivity index (χ0n) is 13.1. The molecule has 6 heteroatoms. The smallest absolute Gasteiger partial charge is 0.229 e. The zero-order chi connectivity index (χ0) is 16.4. The minimum absolute atomic E-state index is 0.0750. The first-order valence-electron chi connectivity index (χ1n) is 7.06. The summed E-state index contributed by atoms with van der Waals surface area (Å²) < 4.78 is 1.77. The summed E-state index contributed by atoms with van der Waals surface area (Å²) in [6.07, 6.45) is 0. The second-order valence-corrected chi connectivity index (χ2v) is 6.33. The predicted molar refractivity (Wildman–Crippen MR) is 90.7 cm³/mol. The lowest BCUT2D eigenvalue weighted by Gasteiger charge is -2.15. The second kappa shape index (κ2) is 6.71. The number of aryl methyl sites for hydroxylation is 2. The van der Waals surface area contributed by atoms with Crippen molar-refractivity contribution >= 4 is 34.8 Å². The number of rotatable bonds is 4. The summed E-state index contributed by atoms with van der Waals surface area (Å²) in [5.41, 5.74) is 3.35. The fourth-order valence-corrected chi connectivity index (χ4v) is 2.49. The van der Waals surface area contributed by atoms with Gasteiger partial charge in [0.15, 0.2) is 0 Å². The highest BCUT2D eigenvalue weighted by Crippen LogP contribution is 2.22. The highest BCUT2D eigenvalue weighted by atomic mass is 35.5. The third-order valence-corrected chi connectivity index (χ3v) is 4.43. The Morgan fingerprint density at radius 1 is 1.32 bits per heavy atom. The van der Waals surface area contributed by atoms with Crippen molar-refractivity contribution in [2.75, 3.05) is 5.32 Å². The molecule has 0 fully saturated rings. The molecule has 0 radical (unpaired) electrons. The summed E-state index contributed by atoms with van der Waals surface area (Å²) in [6, 6.07) is 5.43. The molecule has 1 unspecified atom stereocenters. The van der Waals surface area contributed by atoms with Crippen LogP contribution in [-0.2, 0) is 11.3 Å². The van der Waals surface area contributed by atoms with E-state index in [-0.39, 0.29) is 11.8 Å². The van der Waals surface area contributed by atoms with Crippen LogP contribution in [0.15, 0.2) is 18.2 Å². The highest BCUT2D eigenvalue weighted by Gasteiger charge is 2.18. The molecule has 0 aliphatic carbocycles. The van der Waals surface area contributed by atoms with E-state index in [9.17, 15) is 4.79 Å². The Labute approximate surface area is 140 Å². The quantitative estimate of drug-likeness (QED) is 0.897. The molecule has 0 saturated heterocycles. The Morgan fingerprint density at radius 2 is 2.00 bits per heavy atom. The van der Waals surface area contributed by atoms with E-state index in [0.717, 1.165) is 22.6 Å². The summed E-state index contributed by atoms with van der Waals surface area (Å²) in [4.78, 5) is 12.4. The fraction of sp³-hybridized carbons (Fsp3) is 0.375. The highest BCUT2D eigenvalue weighted by molar-refractivity contribution is 6.31. The van der Waals surface area contributed by atoms with E-state index in [1.165, 1.54) is 0 Å². The lowest BCUT2D eigenvalue weighted by molar-refractivity contribution is -0.119. The molecule has 1 N–H and O–H groups in total. The molecule has 0 aliphatic rings. The second-order valence-electron chi connectivity index (χ2n) is 5.52. The van der Waals surface area contributed by atoms with Gasteiger partial charge in [-0.3, -0.25) is 9.48 Å². The number of carbonyl (C=O) groups is 1. The first-order chi connectivity index (χ1) is 10.3. The van der Waals surface area contributed by atoms with Crippen molar-refractivity contribution < 1.29 is 4.79 Å². The number of benzene rings is 1. The van der Waals surface area contributed by atoms with E-state index in [1.807, 2.05) is 33.8 Å². The maximum absolute atomic E-state index is 12.4. The lowest BCUT2D eigenvalue weighted by atomic mass is 10.1. The van der Waals surface area contributed by atoms with Gasteiger partial charge < -0.3 is 5.32 Å². The molecular weight excluding hydrogens is 321 g/mol. The van der Waals surface area contributed by atoms with Crippen molar-refractivity contribution in [2.45, 2.75) is 34.2 Å². The van der Waals surface area contributed by atoms with Crippen LogP contribution in [0.25, 0.3) is 0 Å². The number of anilines is 1. The Morgan fingerprint density at radius 3 is 2.59 bits per heavy atom. The van der Waals surface area contributed by atoms with Crippen molar-refractivity contribution in [2.24, 2.45) is 5.92 Å². The molecule has 0 spiro atoms. The SMILES string of the molecule is Cc1ccc(Cl)cc1NC(=O)C(C)Cn1nc(C)c(Cl)c1C. The van der Waals surface area contributed by atoms with Crippen LogP contribution < -0.4 is 5.32 Å². The molecule has 118 valence electrons. The van der Waals surface area contributed by atoms with Crippen LogP contribution in [0.5, 0.6) is 0 Å². The van der Waals surface area contributed by atoms with Crippen LogP contribution in [0.2, 0.25) is 10.0 Å². The van der Waals surface area contributed by atoms with Gasteiger partial charge in [-0.1, -0.05) is 36.2 Å². The summed E-state index contributed by atoms with van der Waals surface area (Å²) in [5.74, 6) is -0.318. The molecular formula is C16H19Cl2N3O. The van der Waals surface area contributed by atoms with Gasteiger partial charge in [-0.15, -0.1) is 0 Å². The number of amides is 1. The van der Waals surface area contributed by atoms with Gasteiger partial charge in [0.2, 0.25) is 5.91 Å². The van der Waals surface area contributed by atoms with Crippen LogP contribution in [0.3, 0.4) is 0 Å². The lowest BCUT2D eigenvalue weighted by Crippen LogP contribution is -2.25. The Balaban J connectivity index is 2.09. The Kier molecular flexibility index (Phi) is 5.14. The van der Waals surface area contributed by atoms with Gasteiger partial charge in [0.1, 0.15) is 0 Å². The Bertz CT molecular complexity index is 710. The summed E-state index contributed by atoms with van der Waals surface area (Å²) >= 11 is 12.1. The fourth-order valence-electron chi connectivity index (χ4n) is 2.18. The minimum atomic E-state index is -0.243. The number of hydrogen-bond donors (Lipinski definition) is 1.